The molecule has 0 heterocycles. The zero-order valence-electron chi connectivity index (χ0n) is 12.0. The lowest BCUT2D eigenvalue weighted by molar-refractivity contribution is 0.102. The average Bonchev–Trinajstić information content (AvgIpc) is 2.45. The summed E-state index contributed by atoms with van der Waals surface area (Å²) in [5.41, 5.74) is 2.07. The van der Waals surface area contributed by atoms with Crippen molar-refractivity contribution < 1.29 is 4.79 Å². The van der Waals surface area contributed by atoms with Crippen molar-refractivity contribution in [3.63, 3.8) is 0 Å². The van der Waals surface area contributed by atoms with Crippen molar-refractivity contribution in [1.82, 2.24) is 0 Å². The molecule has 0 aliphatic carbocycles. The Morgan fingerprint density at radius 1 is 1.05 bits per heavy atom. The molecule has 2 heteroatoms. The zero-order chi connectivity index (χ0) is 14.4. The molecular weight excluding hydrogens is 264 g/mol. The molecule has 2 aromatic carbocycles. The lowest BCUT2D eigenvalue weighted by atomic mass is 10.00. The Balaban J connectivity index is 1.98. The Bertz CT molecular complexity index is 561. The normalized spacial score (nSPS) is 10.8. The van der Waals surface area contributed by atoms with Crippen LogP contribution in [0.25, 0.3) is 0 Å². The molecule has 0 bridgehead atoms. The third-order valence-electron chi connectivity index (χ3n) is 3.01. The lowest BCUT2D eigenvalue weighted by Crippen LogP contribution is -2.04. The van der Waals surface area contributed by atoms with Gasteiger partial charge < -0.3 is 0 Å². The van der Waals surface area contributed by atoms with Crippen LogP contribution in [0, 0.1) is 5.92 Å². The van der Waals surface area contributed by atoms with Crippen molar-refractivity contribution in [3.05, 3.63) is 65.7 Å². The largest absolute Gasteiger partial charge is 0.293 e. The van der Waals surface area contributed by atoms with Gasteiger partial charge in [-0.2, -0.15) is 0 Å². The highest BCUT2D eigenvalue weighted by Gasteiger charge is 2.08. The van der Waals surface area contributed by atoms with E-state index in [0.29, 0.717) is 11.7 Å². The average molecular weight is 284 g/mol. The van der Waals surface area contributed by atoms with Crippen LogP contribution in [-0.2, 0) is 6.42 Å². The second-order valence-electron chi connectivity index (χ2n) is 5.32. The number of thioether (sulfide) groups is 1. The zero-order valence-corrected chi connectivity index (χ0v) is 12.8. The van der Waals surface area contributed by atoms with Crippen LogP contribution in [0.5, 0.6) is 0 Å². The van der Waals surface area contributed by atoms with Crippen LogP contribution in [0.4, 0.5) is 0 Å². The Kier molecular flexibility index (Phi) is 5.42. The van der Waals surface area contributed by atoms with Crippen LogP contribution in [0.2, 0.25) is 0 Å². The van der Waals surface area contributed by atoms with Gasteiger partial charge in [-0.25, -0.2) is 0 Å². The minimum absolute atomic E-state index is 0.199. The first-order chi connectivity index (χ1) is 9.65. The summed E-state index contributed by atoms with van der Waals surface area (Å²) in [6.45, 7) is 4.39. The van der Waals surface area contributed by atoms with Gasteiger partial charge in [0, 0.05) is 10.5 Å². The summed E-state index contributed by atoms with van der Waals surface area (Å²) in [7, 11) is 0. The lowest BCUT2D eigenvalue weighted by Gasteiger charge is -2.07. The number of rotatable bonds is 6. The van der Waals surface area contributed by atoms with Crippen LogP contribution in [-0.4, -0.2) is 11.5 Å². The highest BCUT2D eigenvalue weighted by atomic mass is 32.2. The molecule has 0 N–H and O–H groups in total. The topological polar surface area (TPSA) is 17.1 Å². The molecule has 0 aliphatic rings. The van der Waals surface area contributed by atoms with Crippen LogP contribution in [0.15, 0.2) is 59.5 Å². The van der Waals surface area contributed by atoms with Gasteiger partial charge in [0.05, 0.1) is 5.75 Å². The van der Waals surface area contributed by atoms with Crippen LogP contribution >= 0.6 is 11.8 Å². The van der Waals surface area contributed by atoms with E-state index in [1.54, 1.807) is 11.8 Å². The molecule has 20 heavy (non-hydrogen) atoms. The number of Topliss-reactive ketones (excluding diaryl/α,β-unsaturated/α-hetero) is 1. The standard InChI is InChI=1S/C18H20OS/c1-14(2)11-15-7-6-8-16(12-15)18(19)13-20-17-9-4-3-5-10-17/h3-10,12,14H,11,13H2,1-2H3. The summed E-state index contributed by atoms with van der Waals surface area (Å²) in [5.74, 6) is 1.30. The molecule has 0 spiro atoms. The Morgan fingerprint density at radius 3 is 2.50 bits per heavy atom. The molecule has 0 atom stereocenters. The van der Waals surface area contributed by atoms with Gasteiger partial charge in [-0.3, -0.25) is 4.79 Å². The van der Waals surface area contributed by atoms with E-state index in [-0.39, 0.29) is 5.78 Å². The highest BCUT2D eigenvalue weighted by molar-refractivity contribution is 8.00. The predicted molar refractivity (Wildman–Crippen MR) is 86.5 cm³/mol. The molecule has 1 nitrogen and oxygen atoms in total. The molecule has 2 rings (SSSR count). The molecule has 0 aromatic heterocycles. The molecular formula is C18H20OS. The Labute approximate surface area is 125 Å². The number of hydrogen-bond donors (Lipinski definition) is 0. The maximum Gasteiger partial charge on any atom is 0.173 e. The summed E-state index contributed by atoms with van der Waals surface area (Å²) >= 11 is 1.59. The van der Waals surface area contributed by atoms with Crippen molar-refractivity contribution in [2.45, 2.75) is 25.2 Å². The second kappa shape index (κ2) is 7.30. The predicted octanol–water partition coefficient (Wildman–Crippen LogP) is 4.86. The first-order valence-corrected chi connectivity index (χ1v) is 7.93. The van der Waals surface area contributed by atoms with Gasteiger partial charge in [0.1, 0.15) is 0 Å². The minimum Gasteiger partial charge on any atom is -0.293 e. The molecule has 0 fully saturated rings. The number of benzene rings is 2. The van der Waals surface area contributed by atoms with E-state index in [4.69, 9.17) is 0 Å². The summed E-state index contributed by atoms with van der Waals surface area (Å²) in [4.78, 5) is 13.4. The number of ketones is 1. The van der Waals surface area contributed by atoms with Gasteiger partial charge in [-0.15, -0.1) is 11.8 Å². The van der Waals surface area contributed by atoms with Gasteiger partial charge >= 0.3 is 0 Å². The molecule has 0 radical (unpaired) electrons. The van der Waals surface area contributed by atoms with E-state index < -0.39 is 0 Å². The fourth-order valence-corrected chi connectivity index (χ4v) is 2.91. The maximum absolute atomic E-state index is 12.2. The molecule has 0 unspecified atom stereocenters. The fraction of sp³-hybridized carbons (Fsp3) is 0.278. The van der Waals surface area contributed by atoms with Gasteiger partial charge in [-0.05, 0) is 36.1 Å². The number of carbonyl (C=O) groups is 1. The van der Waals surface area contributed by atoms with E-state index in [1.165, 1.54) is 5.56 Å². The van der Waals surface area contributed by atoms with Crippen molar-refractivity contribution in [2.75, 3.05) is 5.75 Å². The molecule has 0 saturated carbocycles. The van der Waals surface area contributed by atoms with Crippen LogP contribution in [0.3, 0.4) is 0 Å². The van der Waals surface area contributed by atoms with Crippen molar-refractivity contribution in [1.29, 1.82) is 0 Å². The molecule has 2 aromatic rings. The SMILES string of the molecule is CC(C)Cc1cccc(C(=O)CSc2ccccc2)c1. The van der Waals surface area contributed by atoms with Gasteiger partial charge in [0.15, 0.2) is 5.78 Å². The van der Waals surface area contributed by atoms with Gasteiger partial charge in [0.2, 0.25) is 0 Å². The third kappa shape index (κ3) is 4.53. The second-order valence-corrected chi connectivity index (χ2v) is 6.37. The molecule has 0 amide bonds. The maximum atomic E-state index is 12.2. The molecule has 104 valence electrons. The Hall–Kier alpha value is -1.54. The monoisotopic (exact) mass is 284 g/mol. The number of hydrogen-bond acceptors (Lipinski definition) is 2. The van der Waals surface area contributed by atoms with Crippen molar-refractivity contribution in [2.24, 2.45) is 5.92 Å². The molecule has 0 aliphatic heterocycles. The van der Waals surface area contributed by atoms with Crippen molar-refractivity contribution in [3.8, 4) is 0 Å². The quantitative estimate of drug-likeness (QED) is 0.556. The van der Waals surface area contributed by atoms with E-state index in [1.807, 2.05) is 48.5 Å². The van der Waals surface area contributed by atoms with Crippen LogP contribution in [0.1, 0.15) is 29.8 Å². The van der Waals surface area contributed by atoms with Gasteiger partial charge in [0.25, 0.3) is 0 Å². The third-order valence-corrected chi connectivity index (χ3v) is 4.02. The van der Waals surface area contributed by atoms with Crippen LogP contribution < -0.4 is 0 Å². The fourth-order valence-electron chi connectivity index (χ4n) is 2.09. The summed E-state index contributed by atoms with van der Waals surface area (Å²) < 4.78 is 0. The van der Waals surface area contributed by atoms with Gasteiger partial charge in [-0.1, -0.05) is 50.2 Å². The minimum atomic E-state index is 0.199. The summed E-state index contributed by atoms with van der Waals surface area (Å²) in [6, 6.07) is 18.1. The summed E-state index contributed by atoms with van der Waals surface area (Å²) in [5, 5.41) is 0. The first-order valence-electron chi connectivity index (χ1n) is 6.95. The van der Waals surface area contributed by atoms with Crippen molar-refractivity contribution >= 4 is 17.5 Å². The van der Waals surface area contributed by atoms with E-state index in [9.17, 15) is 4.79 Å². The smallest absolute Gasteiger partial charge is 0.173 e. The number of carbonyl (C=O) groups excluding carboxylic acids is 1. The highest BCUT2D eigenvalue weighted by Crippen LogP contribution is 2.19. The van der Waals surface area contributed by atoms with E-state index >= 15 is 0 Å². The Morgan fingerprint density at radius 2 is 1.80 bits per heavy atom. The molecule has 0 saturated heterocycles. The summed E-state index contributed by atoms with van der Waals surface area (Å²) in [6.07, 6.45) is 1.02. The first kappa shape index (κ1) is 14.9. The van der Waals surface area contributed by atoms with E-state index in [2.05, 4.69) is 19.9 Å². The van der Waals surface area contributed by atoms with E-state index in [0.717, 1.165) is 16.9 Å².